The van der Waals surface area contributed by atoms with Gasteiger partial charge in [-0.05, 0) is 12.8 Å². The monoisotopic (exact) mass is 802 g/mol. The van der Waals surface area contributed by atoms with E-state index >= 15 is 0 Å². The third-order valence-corrected chi connectivity index (χ3v) is 12.5. The van der Waals surface area contributed by atoms with Crippen LogP contribution in [0.1, 0.15) is 59.9 Å². The molecule has 4 rings (SSSR count). The molecule has 0 bridgehead atoms. The van der Waals surface area contributed by atoms with E-state index in [0.29, 0.717) is 5.56 Å². The van der Waals surface area contributed by atoms with Crippen molar-refractivity contribution < 1.29 is 30.0 Å². The Morgan fingerprint density at radius 1 is 0.976 bits per heavy atom. The quantitative estimate of drug-likeness (QED) is 0.0877. The molecule has 0 spiro atoms. The fraction of sp³-hybridized carbons (Fsp3) is 0.361. The van der Waals surface area contributed by atoms with E-state index in [-0.39, 0.29) is 42.5 Å². The number of pyridine rings is 1. The van der Waals surface area contributed by atoms with Gasteiger partial charge in [-0.3, -0.25) is 4.79 Å². The van der Waals surface area contributed by atoms with Crippen molar-refractivity contribution in [3.63, 3.8) is 0 Å². The molecule has 42 heavy (non-hydrogen) atoms. The van der Waals surface area contributed by atoms with E-state index < -0.39 is 13.3 Å². The van der Waals surface area contributed by atoms with Crippen molar-refractivity contribution in [1.82, 2.24) is 4.98 Å². The molecule has 0 fully saturated rings. The van der Waals surface area contributed by atoms with Crippen LogP contribution < -0.4 is 4.40 Å². The van der Waals surface area contributed by atoms with Gasteiger partial charge in [-0.25, -0.2) is 0 Å². The topological polar surface area (TPSA) is 74.0 Å². The molecule has 6 heteroatoms. The number of ketones is 1. The molecule has 0 aliphatic heterocycles. The number of fused-ring (bicyclic) bond motifs is 2. The summed E-state index contributed by atoms with van der Waals surface area (Å²) < 4.78 is 1.48. The molecule has 0 aliphatic carbocycles. The van der Waals surface area contributed by atoms with Crippen molar-refractivity contribution >= 4 is 45.0 Å². The first-order valence-corrected chi connectivity index (χ1v) is 21.7. The van der Waals surface area contributed by atoms with E-state index in [1.165, 1.54) is 15.9 Å². The van der Waals surface area contributed by atoms with Crippen LogP contribution in [0.25, 0.3) is 32.8 Å². The van der Waals surface area contributed by atoms with Crippen molar-refractivity contribution in [3.8, 4) is 17.3 Å². The van der Waals surface area contributed by atoms with E-state index in [1.54, 1.807) is 0 Å². The largest absolute Gasteiger partial charge is 0 e. The van der Waals surface area contributed by atoms with Crippen LogP contribution in [0, 0.1) is 28.2 Å². The maximum Gasteiger partial charge on any atom is 0 e. The third-order valence-electron chi connectivity index (χ3n) is 8.18. The zero-order valence-corrected chi connectivity index (χ0v) is 30.8. The van der Waals surface area contributed by atoms with Gasteiger partial charge in [-0.2, -0.15) is 0 Å². The van der Waals surface area contributed by atoms with Crippen LogP contribution in [-0.2, 0) is 24.9 Å². The molecule has 223 valence electrons. The Morgan fingerprint density at radius 2 is 1.62 bits per heavy atom. The van der Waals surface area contributed by atoms with Gasteiger partial charge in [-0.1, -0.05) is 41.5 Å². The molecule has 0 amide bonds. The van der Waals surface area contributed by atoms with Crippen LogP contribution in [0.4, 0.5) is 0 Å². The number of rotatable bonds is 7. The Balaban J connectivity index is 0.000000334. The zero-order chi connectivity index (χ0) is 30.6. The summed E-state index contributed by atoms with van der Waals surface area (Å²) >= 11 is -1.88. The number of nitrogens with zero attached hydrogens (tertiary/aromatic N) is 2. The number of benzene rings is 3. The first-order chi connectivity index (χ1) is 19.1. The van der Waals surface area contributed by atoms with Crippen LogP contribution in [0.2, 0.25) is 17.3 Å². The number of carbonyl (C=O) groups is 1. The summed E-state index contributed by atoms with van der Waals surface area (Å²) in [6.45, 7) is 11.7. The minimum atomic E-state index is -1.88. The normalized spacial score (nSPS) is 12.2. The van der Waals surface area contributed by atoms with Gasteiger partial charge >= 0.3 is 156 Å². The molecule has 3 aromatic carbocycles. The number of hydrogen-bond acceptors (Lipinski definition) is 4. The fourth-order valence-corrected chi connectivity index (χ4v) is 6.64. The van der Waals surface area contributed by atoms with Gasteiger partial charge in [0.25, 0.3) is 0 Å². The summed E-state index contributed by atoms with van der Waals surface area (Å²) in [7, 11) is 0. The fourth-order valence-electron chi connectivity index (χ4n) is 4.18. The van der Waals surface area contributed by atoms with E-state index in [1.807, 2.05) is 78.1 Å². The molecule has 0 atom stereocenters. The number of hydrogen-bond donors (Lipinski definition) is 1. The smallest absolute Gasteiger partial charge is 0 e. The summed E-state index contributed by atoms with van der Waals surface area (Å²) in [5, 5.41) is 23.6. The van der Waals surface area contributed by atoms with Gasteiger partial charge in [0.1, 0.15) is 5.76 Å². The molecule has 1 radical (unpaired) electrons. The second kappa shape index (κ2) is 14.1. The van der Waals surface area contributed by atoms with Gasteiger partial charge in [-0.15, -0.1) is 0 Å². The van der Waals surface area contributed by atoms with Crippen molar-refractivity contribution in [2.75, 3.05) is 0 Å². The number of carbonyl (C=O) groups excluding carboxylic acids is 1. The summed E-state index contributed by atoms with van der Waals surface area (Å²) in [5.41, 5.74) is 1.74. The third kappa shape index (κ3) is 8.19. The molecule has 0 saturated carbocycles. The second-order valence-corrected chi connectivity index (χ2v) is 23.6. The molecule has 1 heterocycles. The van der Waals surface area contributed by atoms with E-state index in [4.69, 9.17) is 0 Å². The van der Waals surface area contributed by atoms with Gasteiger partial charge in [0.05, 0.1) is 0 Å². The first kappa shape index (κ1) is 35.4. The number of aliphatic hydroxyl groups excluding tert-OH is 1. The van der Waals surface area contributed by atoms with Gasteiger partial charge in [0.15, 0.2) is 5.78 Å². The number of nitriles is 1. The zero-order valence-electron chi connectivity index (χ0n) is 26.3. The van der Waals surface area contributed by atoms with Crippen LogP contribution in [-0.4, -0.2) is 29.1 Å². The Hall–Kier alpha value is -2.78. The minimum Gasteiger partial charge on any atom is 0 e. The summed E-state index contributed by atoms with van der Waals surface area (Å²) in [6.07, 6.45) is 4.84. The number of allylic oxidation sites excluding steroid dienone is 2. The molecule has 0 aliphatic rings. The van der Waals surface area contributed by atoms with Crippen molar-refractivity contribution in [1.29, 1.82) is 5.26 Å². The maximum absolute atomic E-state index is 11.8. The molecule has 0 saturated heterocycles. The summed E-state index contributed by atoms with van der Waals surface area (Å²) in [5.74, 6) is 7.40. The van der Waals surface area contributed by atoms with Crippen LogP contribution >= 0.6 is 0 Å². The van der Waals surface area contributed by atoms with Gasteiger partial charge in [0, 0.05) is 37.0 Å². The average Bonchev–Trinajstić information content (AvgIpc) is 2.95. The Labute approximate surface area is 268 Å². The van der Waals surface area contributed by atoms with Crippen LogP contribution in [0.3, 0.4) is 0 Å². The molecule has 4 aromatic rings. The van der Waals surface area contributed by atoms with Gasteiger partial charge < -0.3 is 5.11 Å². The molecular weight excluding hydrogens is 757 g/mol. The SMILES string of the molecule is CCC(C)(C)C(=O)/C=C(\O)C(C)(C)CC.[CH3][Ge]([CH3])([CH3])[c]1ccc2c(-c3[c-]c4ccccc4c(C#N)c3)nccc2c1.[Ir]. The molecule has 1 N–H and O–H groups in total. The van der Waals surface area contributed by atoms with Crippen molar-refractivity contribution in [3.05, 3.63) is 84.3 Å². The van der Waals surface area contributed by atoms with E-state index in [9.17, 15) is 15.2 Å². The molecule has 1 aromatic heterocycles. The van der Waals surface area contributed by atoms with E-state index in [0.717, 1.165) is 40.3 Å². The molecule has 4 nitrogen and oxygen atoms in total. The second-order valence-electron chi connectivity index (χ2n) is 13.0. The van der Waals surface area contributed by atoms with Crippen molar-refractivity contribution in [2.45, 2.75) is 71.7 Å². The van der Waals surface area contributed by atoms with E-state index in [2.05, 4.69) is 58.7 Å². The maximum atomic E-state index is 11.8. The Bertz CT molecular complexity index is 1640. The van der Waals surface area contributed by atoms with Crippen LogP contribution in [0.5, 0.6) is 0 Å². The number of aromatic nitrogens is 1. The first-order valence-electron chi connectivity index (χ1n) is 14.3. The predicted molar refractivity (Wildman–Crippen MR) is 175 cm³/mol. The Kier molecular flexibility index (Phi) is 11.9. The Morgan fingerprint density at radius 3 is 2.21 bits per heavy atom. The van der Waals surface area contributed by atoms with Crippen molar-refractivity contribution in [2.24, 2.45) is 10.8 Å². The van der Waals surface area contributed by atoms with Gasteiger partial charge in [0.2, 0.25) is 0 Å². The average molecular weight is 801 g/mol. The van der Waals surface area contributed by atoms with Crippen LogP contribution in [0.15, 0.2) is 72.6 Å². The standard InChI is InChI=1S/C23H19GeN2.C13H24O2.Ir/c1-24(2,3)20-8-9-22-17(14-20)10-11-26-23(22)18-12-16-6-4-5-7-21(16)19(13-18)15-25;1-7-12(3,4)10(14)9-11(15)13(5,6)8-2;/h4-11,13-14H,1-3H3;9,14H,7-8H2,1-6H3;/q-1;;/b;10-9-;. The predicted octanol–water partition coefficient (Wildman–Crippen LogP) is 9.14. The summed E-state index contributed by atoms with van der Waals surface area (Å²) in [4.78, 5) is 16.5. The molecular formula is C36H43GeIrN2O2-. The minimum absolute atomic E-state index is 0. The number of aliphatic hydroxyl groups is 1. The summed E-state index contributed by atoms with van der Waals surface area (Å²) in [6, 6.07) is 24.4. The molecule has 0 unspecified atom stereocenters.